The molecule has 0 saturated heterocycles. The Kier molecular flexibility index (Phi) is 4.03. The third-order valence-electron chi connectivity index (χ3n) is 1.86. The molecule has 0 heterocycles. The van der Waals surface area contributed by atoms with Crippen LogP contribution in [0.15, 0.2) is 16.6 Å². The Morgan fingerprint density at radius 1 is 1.44 bits per heavy atom. The summed E-state index contributed by atoms with van der Waals surface area (Å²) in [7, 11) is 0. The molecule has 1 rings (SSSR count). The van der Waals surface area contributed by atoms with Gasteiger partial charge < -0.3 is 16.2 Å². The highest BCUT2D eigenvalue weighted by molar-refractivity contribution is 9.10. The summed E-state index contributed by atoms with van der Waals surface area (Å²) in [6.07, 6.45) is 0. The molecule has 0 aliphatic heterocycles. The van der Waals surface area contributed by atoms with E-state index in [0.29, 0.717) is 0 Å². The van der Waals surface area contributed by atoms with Crippen LogP contribution in [0.5, 0.6) is 0 Å². The number of hydrogen-bond donors (Lipinski definition) is 3. The van der Waals surface area contributed by atoms with Gasteiger partial charge in [0.1, 0.15) is 12.4 Å². The molecule has 0 unspecified atom stereocenters. The van der Waals surface area contributed by atoms with Gasteiger partial charge in [-0.1, -0.05) is 0 Å². The number of nitrogens with two attached hydrogens (primary N) is 1. The first kappa shape index (κ1) is 13.1. The Labute approximate surface area is 98.6 Å². The third-order valence-corrected chi connectivity index (χ3v) is 2.47. The van der Waals surface area contributed by atoms with E-state index >= 15 is 0 Å². The lowest BCUT2D eigenvalue weighted by atomic mass is 10.2. The van der Waals surface area contributed by atoms with Crippen molar-refractivity contribution in [1.82, 2.24) is 0 Å². The van der Waals surface area contributed by atoms with Gasteiger partial charge in [-0.2, -0.15) is 0 Å². The van der Waals surface area contributed by atoms with Gasteiger partial charge in [0, 0.05) is 6.07 Å². The van der Waals surface area contributed by atoms with Crippen LogP contribution in [0.1, 0.15) is 0 Å². The molecule has 3 nitrogen and oxygen atoms in total. The van der Waals surface area contributed by atoms with Crippen molar-refractivity contribution in [3.63, 3.8) is 0 Å². The number of nitrogens with one attached hydrogen (secondary N) is 1. The van der Waals surface area contributed by atoms with Gasteiger partial charge >= 0.3 is 0 Å². The molecule has 0 aromatic heterocycles. The predicted octanol–water partition coefficient (Wildman–Crippen LogP) is 2.21. The summed E-state index contributed by atoms with van der Waals surface area (Å²) in [5.41, 5.74) is 5.63. The van der Waals surface area contributed by atoms with Crippen LogP contribution < -0.4 is 11.1 Å². The van der Waals surface area contributed by atoms with Crippen molar-refractivity contribution >= 4 is 27.3 Å². The first-order chi connectivity index (χ1) is 7.35. The molecule has 0 fully saturated rings. The molecule has 1 aromatic carbocycles. The minimum Gasteiger partial charge on any atom is -0.397 e. The van der Waals surface area contributed by atoms with Crippen molar-refractivity contribution in [3.05, 3.63) is 22.4 Å². The lowest BCUT2D eigenvalue weighted by Crippen LogP contribution is -2.31. The van der Waals surface area contributed by atoms with E-state index in [2.05, 4.69) is 21.2 Å². The van der Waals surface area contributed by atoms with Crippen LogP contribution in [0.3, 0.4) is 0 Å². The van der Waals surface area contributed by atoms with Crippen molar-refractivity contribution in [1.29, 1.82) is 0 Å². The first-order valence-corrected chi connectivity index (χ1v) is 5.12. The molecule has 0 spiro atoms. The zero-order valence-corrected chi connectivity index (χ0v) is 9.69. The third kappa shape index (κ3) is 3.28. The van der Waals surface area contributed by atoms with Gasteiger partial charge in [0.05, 0.1) is 22.4 Å². The lowest BCUT2D eigenvalue weighted by molar-refractivity contribution is -0.0372. The van der Waals surface area contributed by atoms with Crippen LogP contribution in [-0.2, 0) is 0 Å². The van der Waals surface area contributed by atoms with E-state index in [1.807, 2.05) is 0 Å². The van der Waals surface area contributed by atoms with Gasteiger partial charge in [0.2, 0.25) is 0 Å². The molecule has 7 heteroatoms. The fourth-order valence-corrected chi connectivity index (χ4v) is 1.34. The number of halogens is 4. The molecule has 16 heavy (non-hydrogen) atoms. The molecular formula is C9H10BrF3N2O. The summed E-state index contributed by atoms with van der Waals surface area (Å²) in [4.78, 5) is 0. The van der Waals surface area contributed by atoms with Gasteiger partial charge in [-0.05, 0) is 22.0 Å². The monoisotopic (exact) mass is 298 g/mol. The Morgan fingerprint density at radius 2 is 2.06 bits per heavy atom. The van der Waals surface area contributed by atoms with Crippen molar-refractivity contribution < 1.29 is 18.3 Å². The van der Waals surface area contributed by atoms with Crippen molar-refractivity contribution in [2.45, 2.75) is 5.92 Å². The number of anilines is 2. The SMILES string of the molecule is Nc1cc(F)c(Br)cc1NCC(F)(F)CO. The van der Waals surface area contributed by atoms with E-state index in [0.717, 1.165) is 6.07 Å². The summed E-state index contributed by atoms with van der Waals surface area (Å²) >= 11 is 2.91. The highest BCUT2D eigenvalue weighted by Crippen LogP contribution is 2.27. The molecule has 0 saturated carbocycles. The van der Waals surface area contributed by atoms with Gasteiger partial charge in [-0.3, -0.25) is 0 Å². The Balaban J connectivity index is 2.79. The van der Waals surface area contributed by atoms with E-state index < -0.39 is 24.9 Å². The number of hydrogen-bond acceptors (Lipinski definition) is 3. The number of nitrogen functional groups attached to an aromatic ring is 1. The summed E-state index contributed by atoms with van der Waals surface area (Å²) in [6.45, 7) is -2.03. The zero-order chi connectivity index (χ0) is 12.3. The van der Waals surface area contributed by atoms with E-state index in [1.54, 1.807) is 0 Å². The second-order valence-corrected chi connectivity index (χ2v) is 4.08. The molecular weight excluding hydrogens is 289 g/mol. The fourth-order valence-electron chi connectivity index (χ4n) is 0.996. The maximum Gasteiger partial charge on any atom is 0.287 e. The van der Waals surface area contributed by atoms with Crippen LogP contribution in [0.2, 0.25) is 0 Å². The number of alkyl halides is 2. The standard InChI is InChI=1S/C9H10BrF3N2O/c10-5-1-8(7(14)2-6(5)11)15-3-9(12,13)4-16/h1-2,15-16H,3-4,14H2. The number of aliphatic hydroxyl groups excluding tert-OH is 1. The van der Waals surface area contributed by atoms with Crippen LogP contribution >= 0.6 is 15.9 Å². The molecule has 0 aliphatic carbocycles. The Hall–Kier alpha value is -0.950. The highest BCUT2D eigenvalue weighted by Gasteiger charge is 2.27. The normalized spacial score (nSPS) is 11.6. The van der Waals surface area contributed by atoms with Crippen LogP contribution in [-0.4, -0.2) is 24.2 Å². The van der Waals surface area contributed by atoms with Crippen molar-refractivity contribution in [3.8, 4) is 0 Å². The maximum atomic E-state index is 13.0. The smallest absolute Gasteiger partial charge is 0.287 e. The number of benzene rings is 1. The van der Waals surface area contributed by atoms with Gasteiger partial charge in [0.25, 0.3) is 5.92 Å². The Bertz CT molecular complexity index is 387. The first-order valence-electron chi connectivity index (χ1n) is 4.33. The number of aliphatic hydroxyl groups is 1. The summed E-state index contributed by atoms with van der Waals surface area (Å²) in [5, 5.41) is 10.7. The minimum atomic E-state index is -3.24. The second kappa shape index (κ2) is 4.92. The van der Waals surface area contributed by atoms with Crippen LogP contribution in [0.25, 0.3) is 0 Å². The van der Waals surface area contributed by atoms with Gasteiger partial charge in [-0.25, -0.2) is 13.2 Å². The summed E-state index contributed by atoms with van der Waals surface area (Å²) < 4.78 is 38.5. The molecule has 1 aromatic rings. The molecule has 90 valence electrons. The van der Waals surface area contributed by atoms with Gasteiger partial charge in [-0.15, -0.1) is 0 Å². The molecule has 4 N–H and O–H groups in total. The lowest BCUT2D eigenvalue weighted by Gasteiger charge is -2.16. The second-order valence-electron chi connectivity index (χ2n) is 3.22. The van der Waals surface area contributed by atoms with Crippen molar-refractivity contribution in [2.24, 2.45) is 0 Å². The molecule has 0 radical (unpaired) electrons. The predicted molar refractivity (Wildman–Crippen MR) is 59.0 cm³/mol. The van der Waals surface area contributed by atoms with Crippen LogP contribution in [0, 0.1) is 5.82 Å². The molecule has 0 amide bonds. The van der Waals surface area contributed by atoms with E-state index in [1.165, 1.54) is 6.07 Å². The van der Waals surface area contributed by atoms with E-state index in [4.69, 9.17) is 10.8 Å². The van der Waals surface area contributed by atoms with Gasteiger partial charge in [0.15, 0.2) is 0 Å². The molecule has 0 aliphatic rings. The quantitative estimate of drug-likeness (QED) is 0.747. The number of rotatable bonds is 4. The Morgan fingerprint density at radius 3 is 2.62 bits per heavy atom. The topological polar surface area (TPSA) is 58.3 Å². The van der Waals surface area contributed by atoms with Crippen LogP contribution in [0.4, 0.5) is 24.5 Å². The summed E-state index contributed by atoms with van der Waals surface area (Å²) in [6, 6.07) is 2.28. The average Bonchev–Trinajstić information content (AvgIpc) is 2.22. The van der Waals surface area contributed by atoms with E-state index in [9.17, 15) is 13.2 Å². The average molecular weight is 299 g/mol. The summed E-state index contributed by atoms with van der Waals surface area (Å²) in [5.74, 6) is -3.82. The maximum absolute atomic E-state index is 13.0. The molecule has 0 bridgehead atoms. The fraction of sp³-hybridized carbons (Fsp3) is 0.333. The molecule has 0 atom stereocenters. The highest BCUT2D eigenvalue weighted by atomic mass is 79.9. The minimum absolute atomic E-state index is 0.0226. The van der Waals surface area contributed by atoms with Crippen molar-refractivity contribution in [2.75, 3.05) is 24.2 Å². The van der Waals surface area contributed by atoms with E-state index in [-0.39, 0.29) is 15.8 Å². The zero-order valence-electron chi connectivity index (χ0n) is 8.11. The largest absolute Gasteiger partial charge is 0.397 e.